The van der Waals surface area contributed by atoms with E-state index >= 15 is 0 Å². The highest BCUT2D eigenvalue weighted by Crippen LogP contribution is 2.34. The number of hydrogen-bond donors (Lipinski definition) is 1. The number of rotatable bonds is 5. The number of nitrogens with zero attached hydrogens (tertiary/aromatic N) is 2. The second-order valence-electron chi connectivity index (χ2n) is 5.93. The lowest BCUT2D eigenvalue weighted by Gasteiger charge is -2.06. The maximum Gasteiger partial charge on any atom is 0.268 e. The molecule has 0 saturated carbocycles. The van der Waals surface area contributed by atoms with Gasteiger partial charge >= 0.3 is 0 Å². The van der Waals surface area contributed by atoms with Gasteiger partial charge in [0.05, 0.1) is 4.88 Å². The van der Waals surface area contributed by atoms with Gasteiger partial charge in [-0.25, -0.2) is 8.42 Å². The SMILES string of the molecule is Cc1sc(-c2nc(-c3ccc(Cl)cc3)no2)cc1S(=O)(=O)Nc1ccccc1. The number of hydrogen-bond acceptors (Lipinski definition) is 6. The molecule has 0 atom stereocenters. The average Bonchev–Trinajstić information content (AvgIpc) is 3.30. The molecule has 0 aliphatic heterocycles. The maximum atomic E-state index is 12.7. The van der Waals surface area contributed by atoms with Gasteiger partial charge in [0, 0.05) is 21.2 Å². The van der Waals surface area contributed by atoms with Crippen molar-refractivity contribution in [2.75, 3.05) is 4.72 Å². The second-order valence-corrected chi connectivity index (χ2v) is 9.28. The van der Waals surface area contributed by atoms with Crippen LogP contribution >= 0.6 is 22.9 Å². The lowest BCUT2D eigenvalue weighted by molar-refractivity contribution is 0.433. The quantitative estimate of drug-likeness (QED) is 0.467. The predicted octanol–water partition coefficient (Wildman–Crippen LogP) is 5.23. The number of thiophene rings is 1. The van der Waals surface area contributed by atoms with E-state index in [-0.39, 0.29) is 10.8 Å². The van der Waals surface area contributed by atoms with Crippen LogP contribution in [0.5, 0.6) is 0 Å². The van der Waals surface area contributed by atoms with Crippen LogP contribution in [0.2, 0.25) is 5.02 Å². The molecule has 0 aliphatic rings. The fraction of sp³-hybridized carbons (Fsp3) is 0.0526. The van der Waals surface area contributed by atoms with Gasteiger partial charge < -0.3 is 4.52 Å². The predicted molar refractivity (Wildman–Crippen MR) is 110 cm³/mol. The summed E-state index contributed by atoms with van der Waals surface area (Å²) in [4.78, 5) is 5.77. The molecule has 4 rings (SSSR count). The van der Waals surface area contributed by atoms with Gasteiger partial charge in [-0.3, -0.25) is 4.72 Å². The monoisotopic (exact) mass is 431 g/mol. The summed E-state index contributed by atoms with van der Waals surface area (Å²) in [5.41, 5.74) is 1.25. The fourth-order valence-corrected chi connectivity index (χ4v) is 5.29. The van der Waals surface area contributed by atoms with Crippen molar-refractivity contribution < 1.29 is 12.9 Å². The van der Waals surface area contributed by atoms with Gasteiger partial charge in [0.2, 0.25) is 5.82 Å². The van der Waals surface area contributed by atoms with E-state index in [4.69, 9.17) is 16.1 Å². The van der Waals surface area contributed by atoms with Gasteiger partial charge in [-0.15, -0.1) is 11.3 Å². The lowest BCUT2D eigenvalue weighted by Crippen LogP contribution is -2.12. The molecule has 1 N–H and O–H groups in total. The van der Waals surface area contributed by atoms with Crippen LogP contribution in [0, 0.1) is 6.92 Å². The zero-order chi connectivity index (χ0) is 19.7. The third kappa shape index (κ3) is 3.80. The Balaban J connectivity index is 1.64. The Hall–Kier alpha value is -2.68. The molecular formula is C19H14ClN3O3S2. The standard InChI is InChI=1S/C19H14ClN3O3S2/c1-12-17(28(24,25)23-15-5-3-2-4-6-15)11-16(27-12)19-21-18(22-26-19)13-7-9-14(20)10-8-13/h2-11,23H,1H3. The first-order valence-corrected chi connectivity index (χ1v) is 10.9. The van der Waals surface area contributed by atoms with E-state index in [0.29, 0.717) is 26.3 Å². The van der Waals surface area contributed by atoms with E-state index in [1.807, 2.05) is 6.07 Å². The molecule has 0 fully saturated rings. The molecule has 0 unspecified atom stereocenters. The highest BCUT2D eigenvalue weighted by atomic mass is 35.5. The van der Waals surface area contributed by atoms with Crippen LogP contribution in [0.4, 0.5) is 5.69 Å². The minimum atomic E-state index is -3.73. The normalized spacial score (nSPS) is 11.5. The number of para-hydroxylation sites is 1. The topological polar surface area (TPSA) is 85.1 Å². The van der Waals surface area contributed by atoms with Crippen molar-refractivity contribution in [1.29, 1.82) is 0 Å². The smallest absolute Gasteiger partial charge is 0.268 e. The molecule has 142 valence electrons. The van der Waals surface area contributed by atoms with Crippen LogP contribution in [0.15, 0.2) is 70.1 Å². The molecule has 9 heteroatoms. The zero-order valence-corrected chi connectivity index (χ0v) is 17.0. The Morgan fingerprint density at radius 1 is 1.07 bits per heavy atom. The summed E-state index contributed by atoms with van der Waals surface area (Å²) in [5.74, 6) is 0.670. The van der Waals surface area contributed by atoms with Gasteiger partial charge in [-0.2, -0.15) is 4.98 Å². The van der Waals surface area contributed by atoms with Crippen molar-refractivity contribution >= 4 is 38.6 Å². The first-order chi connectivity index (χ1) is 13.4. The van der Waals surface area contributed by atoms with E-state index in [1.54, 1.807) is 61.5 Å². The van der Waals surface area contributed by atoms with Crippen LogP contribution in [-0.2, 0) is 10.0 Å². The minimum absolute atomic E-state index is 0.183. The summed E-state index contributed by atoms with van der Waals surface area (Å²) < 4.78 is 33.4. The van der Waals surface area contributed by atoms with Crippen molar-refractivity contribution in [2.45, 2.75) is 11.8 Å². The molecule has 0 saturated heterocycles. The van der Waals surface area contributed by atoms with Crippen LogP contribution in [-0.4, -0.2) is 18.6 Å². The minimum Gasteiger partial charge on any atom is -0.333 e. The molecule has 0 radical (unpaired) electrons. The molecule has 28 heavy (non-hydrogen) atoms. The second kappa shape index (κ2) is 7.38. The number of sulfonamides is 1. The third-order valence-corrected chi connectivity index (χ3v) is 6.85. The van der Waals surface area contributed by atoms with E-state index in [2.05, 4.69) is 14.9 Å². The van der Waals surface area contributed by atoms with Crippen LogP contribution in [0.3, 0.4) is 0 Å². The summed E-state index contributed by atoms with van der Waals surface area (Å²) in [6.07, 6.45) is 0. The van der Waals surface area contributed by atoms with E-state index in [0.717, 1.165) is 5.56 Å². The van der Waals surface area contributed by atoms with E-state index in [9.17, 15) is 8.42 Å². The van der Waals surface area contributed by atoms with Crippen molar-refractivity contribution in [3.63, 3.8) is 0 Å². The highest BCUT2D eigenvalue weighted by Gasteiger charge is 2.23. The van der Waals surface area contributed by atoms with Gasteiger partial charge in [0.1, 0.15) is 4.90 Å². The number of nitrogens with one attached hydrogen (secondary N) is 1. The molecule has 0 aliphatic carbocycles. The average molecular weight is 432 g/mol. The number of benzene rings is 2. The first-order valence-electron chi connectivity index (χ1n) is 8.21. The summed E-state index contributed by atoms with van der Waals surface area (Å²) >= 11 is 7.18. The molecule has 0 spiro atoms. The van der Waals surface area contributed by atoms with E-state index < -0.39 is 10.0 Å². The molecule has 0 bridgehead atoms. The Morgan fingerprint density at radius 3 is 2.50 bits per heavy atom. The molecule has 2 heterocycles. The third-order valence-electron chi connectivity index (χ3n) is 3.93. The molecular weight excluding hydrogens is 418 g/mol. The molecule has 0 amide bonds. The zero-order valence-electron chi connectivity index (χ0n) is 14.6. The summed E-state index contributed by atoms with van der Waals surface area (Å²) in [7, 11) is -3.73. The Kier molecular flexibility index (Phi) is 4.92. The van der Waals surface area contributed by atoms with Crippen molar-refractivity contribution in [3.05, 3.63) is 70.6 Å². The molecule has 4 aromatic rings. The Bertz CT molecular complexity index is 1220. The summed E-state index contributed by atoms with van der Waals surface area (Å²) in [6.45, 7) is 1.74. The summed E-state index contributed by atoms with van der Waals surface area (Å²) in [5, 5.41) is 4.59. The maximum absolute atomic E-state index is 12.7. The van der Waals surface area contributed by atoms with Gasteiger partial charge in [0.25, 0.3) is 15.9 Å². The lowest BCUT2D eigenvalue weighted by atomic mass is 10.2. The van der Waals surface area contributed by atoms with Crippen LogP contribution in [0.1, 0.15) is 4.88 Å². The van der Waals surface area contributed by atoms with Crippen LogP contribution in [0.25, 0.3) is 22.2 Å². The van der Waals surface area contributed by atoms with E-state index in [1.165, 1.54) is 11.3 Å². The number of aryl methyl sites for hydroxylation is 1. The number of aromatic nitrogens is 2. The Morgan fingerprint density at radius 2 is 1.79 bits per heavy atom. The highest BCUT2D eigenvalue weighted by molar-refractivity contribution is 7.93. The summed E-state index contributed by atoms with van der Waals surface area (Å²) in [6, 6.07) is 17.3. The van der Waals surface area contributed by atoms with Crippen molar-refractivity contribution in [3.8, 4) is 22.2 Å². The van der Waals surface area contributed by atoms with Crippen LogP contribution < -0.4 is 4.72 Å². The van der Waals surface area contributed by atoms with Crippen molar-refractivity contribution in [1.82, 2.24) is 10.1 Å². The largest absolute Gasteiger partial charge is 0.333 e. The Labute approximate surface area is 170 Å². The molecule has 6 nitrogen and oxygen atoms in total. The number of anilines is 1. The first kappa shape index (κ1) is 18.7. The van der Waals surface area contributed by atoms with Gasteiger partial charge in [-0.1, -0.05) is 35.0 Å². The fourth-order valence-electron chi connectivity index (χ4n) is 2.59. The van der Waals surface area contributed by atoms with Gasteiger partial charge in [-0.05, 0) is 49.4 Å². The molecule has 2 aromatic carbocycles. The van der Waals surface area contributed by atoms with Crippen molar-refractivity contribution in [2.24, 2.45) is 0 Å². The van der Waals surface area contributed by atoms with Gasteiger partial charge in [0.15, 0.2) is 0 Å². The number of halogens is 1. The molecule has 2 aromatic heterocycles.